The van der Waals surface area contributed by atoms with Gasteiger partial charge in [-0.3, -0.25) is 0 Å². The van der Waals surface area contributed by atoms with Crippen molar-refractivity contribution in [2.75, 3.05) is 13.2 Å². The molecular formula is C24H42F2O2. The van der Waals surface area contributed by atoms with Gasteiger partial charge in [0, 0.05) is 13.2 Å². The molecule has 3 rings (SSSR count). The van der Waals surface area contributed by atoms with Crippen LogP contribution in [0, 0.1) is 23.7 Å². The van der Waals surface area contributed by atoms with Gasteiger partial charge in [0.05, 0.1) is 12.2 Å². The van der Waals surface area contributed by atoms with Crippen molar-refractivity contribution >= 4 is 0 Å². The number of alkyl halides is 2. The summed E-state index contributed by atoms with van der Waals surface area (Å²) in [6, 6.07) is 0. The zero-order chi connectivity index (χ0) is 19.9. The summed E-state index contributed by atoms with van der Waals surface area (Å²) in [6.45, 7) is 5.42. The Kier molecular flexibility index (Phi) is 9.02. The van der Waals surface area contributed by atoms with Crippen molar-refractivity contribution in [1.29, 1.82) is 0 Å². The molecule has 3 aliphatic rings. The third-order valence-corrected chi connectivity index (χ3v) is 7.86. The fourth-order valence-corrected chi connectivity index (χ4v) is 5.83. The summed E-state index contributed by atoms with van der Waals surface area (Å²) in [7, 11) is 0. The maximum absolute atomic E-state index is 14.5. The molecule has 3 aliphatic carbocycles. The Morgan fingerprint density at radius 1 is 0.643 bits per heavy atom. The number of hydrogen-bond donors (Lipinski definition) is 0. The summed E-state index contributed by atoms with van der Waals surface area (Å²) < 4.78 is 40.1. The Balaban J connectivity index is 1.34. The van der Waals surface area contributed by atoms with Crippen molar-refractivity contribution in [2.24, 2.45) is 23.7 Å². The summed E-state index contributed by atoms with van der Waals surface area (Å²) in [5.41, 5.74) is 0. The van der Waals surface area contributed by atoms with Crippen molar-refractivity contribution in [1.82, 2.24) is 0 Å². The van der Waals surface area contributed by atoms with Gasteiger partial charge in [0.1, 0.15) is 0 Å². The predicted molar refractivity (Wildman–Crippen MR) is 110 cm³/mol. The molecule has 0 aromatic carbocycles. The van der Waals surface area contributed by atoms with E-state index in [2.05, 4.69) is 6.92 Å². The smallest absolute Gasteiger partial charge is 0.160 e. The highest BCUT2D eigenvalue weighted by atomic mass is 19.2. The SMILES string of the molecule is CCCOC1CCC(OCC2CCC(C3CCC(CC)CC3)CC2)C(F)C1F. The molecule has 0 saturated heterocycles. The molecule has 0 radical (unpaired) electrons. The number of ether oxygens (including phenoxy) is 2. The van der Waals surface area contributed by atoms with Crippen LogP contribution in [-0.4, -0.2) is 37.8 Å². The van der Waals surface area contributed by atoms with E-state index in [1.807, 2.05) is 6.92 Å². The minimum absolute atomic E-state index is 0.507. The number of hydrogen-bond acceptors (Lipinski definition) is 2. The molecule has 0 N–H and O–H groups in total. The molecule has 0 aromatic rings. The monoisotopic (exact) mass is 400 g/mol. The Morgan fingerprint density at radius 3 is 1.64 bits per heavy atom. The normalized spacial score (nSPS) is 42.4. The molecule has 164 valence electrons. The predicted octanol–water partition coefficient (Wildman–Crippen LogP) is 6.66. The number of halogens is 2. The van der Waals surface area contributed by atoms with Gasteiger partial charge in [0.15, 0.2) is 12.3 Å². The summed E-state index contributed by atoms with van der Waals surface area (Å²) in [5, 5.41) is 0. The lowest BCUT2D eigenvalue weighted by atomic mass is 9.69. The first-order valence-electron chi connectivity index (χ1n) is 12.1. The van der Waals surface area contributed by atoms with Crippen LogP contribution in [0.2, 0.25) is 0 Å². The van der Waals surface area contributed by atoms with Crippen molar-refractivity contribution in [3.63, 3.8) is 0 Å². The molecule has 28 heavy (non-hydrogen) atoms. The molecule has 4 atom stereocenters. The fourth-order valence-electron chi connectivity index (χ4n) is 5.83. The van der Waals surface area contributed by atoms with Crippen LogP contribution >= 0.6 is 0 Å². The Labute approximate surface area is 171 Å². The van der Waals surface area contributed by atoms with Gasteiger partial charge in [-0.2, -0.15) is 0 Å². The molecule has 4 unspecified atom stereocenters. The Morgan fingerprint density at radius 2 is 1.14 bits per heavy atom. The second kappa shape index (κ2) is 11.2. The van der Waals surface area contributed by atoms with Crippen LogP contribution < -0.4 is 0 Å². The van der Waals surface area contributed by atoms with Crippen LogP contribution in [0.1, 0.15) is 90.9 Å². The molecule has 0 aliphatic heterocycles. The average Bonchev–Trinajstić information content (AvgIpc) is 2.74. The lowest BCUT2D eigenvalue weighted by Crippen LogP contribution is -2.47. The maximum Gasteiger partial charge on any atom is 0.160 e. The average molecular weight is 401 g/mol. The molecule has 0 bridgehead atoms. The summed E-state index contributed by atoms with van der Waals surface area (Å²) >= 11 is 0. The van der Waals surface area contributed by atoms with E-state index in [4.69, 9.17) is 9.47 Å². The van der Waals surface area contributed by atoms with Gasteiger partial charge in [-0.25, -0.2) is 8.78 Å². The van der Waals surface area contributed by atoms with Crippen LogP contribution in [-0.2, 0) is 9.47 Å². The zero-order valence-electron chi connectivity index (χ0n) is 18.1. The van der Waals surface area contributed by atoms with Crippen LogP contribution in [0.5, 0.6) is 0 Å². The van der Waals surface area contributed by atoms with Gasteiger partial charge >= 0.3 is 0 Å². The summed E-state index contributed by atoms with van der Waals surface area (Å²) in [5.74, 6) is 3.33. The summed E-state index contributed by atoms with van der Waals surface area (Å²) in [6.07, 6.45) is 9.78. The zero-order valence-corrected chi connectivity index (χ0v) is 18.1. The highest BCUT2D eigenvalue weighted by Crippen LogP contribution is 2.42. The minimum Gasteiger partial charge on any atom is -0.375 e. The summed E-state index contributed by atoms with van der Waals surface area (Å²) in [4.78, 5) is 0. The Bertz CT molecular complexity index is 430. The van der Waals surface area contributed by atoms with Crippen molar-refractivity contribution < 1.29 is 18.3 Å². The van der Waals surface area contributed by atoms with Gasteiger partial charge < -0.3 is 9.47 Å². The van der Waals surface area contributed by atoms with Gasteiger partial charge in [0.2, 0.25) is 0 Å². The first-order chi connectivity index (χ1) is 13.6. The Hall–Kier alpha value is -0.220. The van der Waals surface area contributed by atoms with Crippen molar-refractivity contribution in [3.05, 3.63) is 0 Å². The van der Waals surface area contributed by atoms with Gasteiger partial charge in [-0.05, 0) is 81.5 Å². The quantitative estimate of drug-likeness (QED) is 0.453. The topological polar surface area (TPSA) is 18.5 Å². The number of rotatable bonds is 8. The molecule has 0 spiro atoms. The third-order valence-electron chi connectivity index (χ3n) is 7.86. The standard InChI is InChI=1S/C24H42F2O2/c1-3-15-27-21-13-14-22(24(26)23(21)25)28-16-18-7-11-20(12-8-18)19-9-5-17(4-2)6-10-19/h17-24H,3-16H2,1-2H3. The van der Waals surface area contributed by atoms with Gasteiger partial charge in [-0.15, -0.1) is 0 Å². The van der Waals surface area contributed by atoms with E-state index in [9.17, 15) is 8.78 Å². The lowest BCUT2D eigenvalue weighted by molar-refractivity contribution is -0.123. The fraction of sp³-hybridized carbons (Fsp3) is 1.00. The molecule has 0 aromatic heterocycles. The van der Waals surface area contributed by atoms with Crippen LogP contribution in [0.25, 0.3) is 0 Å². The van der Waals surface area contributed by atoms with Crippen LogP contribution in [0.3, 0.4) is 0 Å². The second-order valence-electron chi connectivity index (χ2n) is 9.72. The molecule has 2 nitrogen and oxygen atoms in total. The van der Waals surface area contributed by atoms with E-state index < -0.39 is 24.6 Å². The van der Waals surface area contributed by atoms with Crippen LogP contribution in [0.15, 0.2) is 0 Å². The molecule has 3 saturated carbocycles. The lowest BCUT2D eigenvalue weighted by Gasteiger charge is -2.39. The highest BCUT2D eigenvalue weighted by molar-refractivity contribution is 4.90. The molecule has 0 amide bonds. The van der Waals surface area contributed by atoms with E-state index in [1.165, 1.54) is 57.8 Å². The maximum atomic E-state index is 14.5. The molecule has 4 heteroatoms. The van der Waals surface area contributed by atoms with Crippen molar-refractivity contribution in [3.8, 4) is 0 Å². The molecule has 3 fully saturated rings. The van der Waals surface area contributed by atoms with Gasteiger partial charge in [0.25, 0.3) is 0 Å². The van der Waals surface area contributed by atoms with Crippen molar-refractivity contribution in [2.45, 2.75) is 115 Å². The molecular weight excluding hydrogens is 358 g/mol. The molecule has 0 heterocycles. The highest BCUT2D eigenvalue weighted by Gasteiger charge is 2.42. The third kappa shape index (κ3) is 5.90. The van der Waals surface area contributed by atoms with E-state index in [-0.39, 0.29) is 0 Å². The van der Waals surface area contributed by atoms with E-state index in [0.717, 1.165) is 24.2 Å². The first-order valence-corrected chi connectivity index (χ1v) is 12.1. The largest absolute Gasteiger partial charge is 0.375 e. The van der Waals surface area contributed by atoms with Crippen LogP contribution in [0.4, 0.5) is 8.78 Å². The van der Waals surface area contributed by atoms with E-state index >= 15 is 0 Å². The second-order valence-corrected chi connectivity index (χ2v) is 9.72. The minimum atomic E-state index is -1.54. The van der Waals surface area contributed by atoms with E-state index in [0.29, 0.717) is 32.0 Å². The first kappa shape index (κ1) is 22.5. The van der Waals surface area contributed by atoms with E-state index in [1.54, 1.807) is 0 Å². The van der Waals surface area contributed by atoms with Gasteiger partial charge in [-0.1, -0.05) is 33.1 Å².